The highest BCUT2D eigenvalue weighted by Crippen LogP contribution is 2.11. The van der Waals surface area contributed by atoms with Crippen LogP contribution in [0.15, 0.2) is 24.7 Å². The topological polar surface area (TPSA) is 96.5 Å². The van der Waals surface area contributed by atoms with Crippen LogP contribution in [0.4, 0.5) is 0 Å². The van der Waals surface area contributed by atoms with Crippen molar-refractivity contribution in [1.29, 1.82) is 0 Å². The summed E-state index contributed by atoms with van der Waals surface area (Å²) in [6.07, 6.45) is 5.45. The molecule has 3 heterocycles. The van der Waals surface area contributed by atoms with Gasteiger partial charge in [0.15, 0.2) is 0 Å². The first kappa shape index (κ1) is 17.2. The minimum absolute atomic E-state index is 0.150. The van der Waals surface area contributed by atoms with Gasteiger partial charge in [0.05, 0.1) is 6.20 Å². The van der Waals surface area contributed by atoms with Gasteiger partial charge in [-0.05, 0) is 13.0 Å². The van der Waals surface area contributed by atoms with Crippen LogP contribution in [0.2, 0.25) is 0 Å². The van der Waals surface area contributed by atoms with Gasteiger partial charge in [-0.2, -0.15) is 10.2 Å². The molecule has 0 bridgehead atoms. The fourth-order valence-electron chi connectivity index (χ4n) is 2.89. The predicted octanol–water partition coefficient (Wildman–Crippen LogP) is 0.142. The number of aryl methyl sites for hydroxylation is 1. The third-order valence-corrected chi connectivity index (χ3v) is 4.23. The smallest absolute Gasteiger partial charge is 0.325 e. The number of amides is 1. The summed E-state index contributed by atoms with van der Waals surface area (Å²) in [6, 6.07) is 1.57. The standard InChI is InChI=1S/C16H22N6O3/c1-2-21-11-13(9-17-21)10-19-5-7-20(8-6-19)16(25)14-3-4-22(18-14)12-15(23)24/h3-4,9,11H,2,5-8,10,12H2,1H3,(H,23,24). The molecule has 1 fully saturated rings. The highest BCUT2D eigenvalue weighted by atomic mass is 16.4. The average Bonchev–Trinajstić information content (AvgIpc) is 3.24. The zero-order valence-electron chi connectivity index (χ0n) is 14.2. The van der Waals surface area contributed by atoms with E-state index in [9.17, 15) is 9.59 Å². The minimum Gasteiger partial charge on any atom is -0.480 e. The van der Waals surface area contributed by atoms with Gasteiger partial charge >= 0.3 is 5.97 Å². The number of rotatable bonds is 6. The molecule has 1 N–H and O–H groups in total. The zero-order chi connectivity index (χ0) is 17.8. The maximum absolute atomic E-state index is 12.5. The first-order chi connectivity index (χ1) is 12.0. The Labute approximate surface area is 145 Å². The van der Waals surface area contributed by atoms with Crippen molar-refractivity contribution in [3.63, 3.8) is 0 Å². The summed E-state index contributed by atoms with van der Waals surface area (Å²) in [4.78, 5) is 27.2. The predicted molar refractivity (Wildman–Crippen MR) is 88.9 cm³/mol. The Morgan fingerprint density at radius 3 is 2.60 bits per heavy atom. The average molecular weight is 346 g/mol. The molecule has 0 aromatic carbocycles. The minimum atomic E-state index is -0.984. The molecule has 1 amide bonds. The fourth-order valence-corrected chi connectivity index (χ4v) is 2.89. The maximum atomic E-state index is 12.5. The summed E-state index contributed by atoms with van der Waals surface area (Å²) in [5.41, 5.74) is 1.47. The second-order valence-electron chi connectivity index (χ2n) is 6.06. The highest BCUT2D eigenvalue weighted by Gasteiger charge is 2.24. The van der Waals surface area contributed by atoms with E-state index in [-0.39, 0.29) is 12.5 Å². The number of aromatic nitrogens is 4. The molecule has 0 radical (unpaired) electrons. The Morgan fingerprint density at radius 1 is 1.20 bits per heavy atom. The van der Waals surface area contributed by atoms with Gasteiger partial charge in [-0.3, -0.25) is 23.9 Å². The van der Waals surface area contributed by atoms with E-state index in [1.807, 2.05) is 17.1 Å². The van der Waals surface area contributed by atoms with Gasteiger partial charge in [0.1, 0.15) is 12.2 Å². The molecular formula is C16H22N6O3. The SMILES string of the molecule is CCn1cc(CN2CCN(C(=O)c3ccn(CC(=O)O)n3)CC2)cn1. The fraction of sp³-hybridized carbons (Fsp3) is 0.500. The molecule has 9 nitrogen and oxygen atoms in total. The van der Waals surface area contributed by atoms with E-state index in [0.29, 0.717) is 18.8 Å². The van der Waals surface area contributed by atoms with Gasteiger partial charge in [-0.25, -0.2) is 0 Å². The van der Waals surface area contributed by atoms with Crippen molar-refractivity contribution in [3.05, 3.63) is 35.9 Å². The van der Waals surface area contributed by atoms with Gasteiger partial charge in [-0.15, -0.1) is 0 Å². The van der Waals surface area contributed by atoms with Crippen molar-refractivity contribution in [2.75, 3.05) is 26.2 Å². The number of carboxylic acids is 1. The largest absolute Gasteiger partial charge is 0.480 e. The lowest BCUT2D eigenvalue weighted by atomic mass is 10.2. The van der Waals surface area contributed by atoms with Gasteiger partial charge in [0.2, 0.25) is 0 Å². The zero-order valence-corrected chi connectivity index (χ0v) is 14.2. The van der Waals surface area contributed by atoms with Crippen LogP contribution in [-0.2, 0) is 24.4 Å². The van der Waals surface area contributed by atoms with Crippen LogP contribution in [0.5, 0.6) is 0 Å². The van der Waals surface area contributed by atoms with E-state index in [4.69, 9.17) is 5.11 Å². The second-order valence-corrected chi connectivity index (χ2v) is 6.06. The molecule has 2 aromatic heterocycles. The van der Waals surface area contributed by atoms with E-state index in [1.54, 1.807) is 11.0 Å². The number of carbonyl (C=O) groups is 2. The van der Waals surface area contributed by atoms with E-state index < -0.39 is 5.97 Å². The first-order valence-corrected chi connectivity index (χ1v) is 8.33. The molecule has 0 aliphatic carbocycles. The second kappa shape index (κ2) is 7.47. The number of hydrogen-bond donors (Lipinski definition) is 1. The normalized spacial score (nSPS) is 15.5. The molecule has 1 saturated heterocycles. The number of nitrogens with zero attached hydrogens (tertiary/aromatic N) is 6. The Balaban J connectivity index is 1.52. The maximum Gasteiger partial charge on any atom is 0.325 e. The summed E-state index contributed by atoms with van der Waals surface area (Å²) >= 11 is 0. The van der Waals surface area contributed by atoms with Crippen molar-refractivity contribution in [2.45, 2.75) is 26.6 Å². The Kier molecular flexibility index (Phi) is 5.13. The van der Waals surface area contributed by atoms with Crippen LogP contribution < -0.4 is 0 Å². The lowest BCUT2D eigenvalue weighted by Crippen LogP contribution is -2.48. The van der Waals surface area contributed by atoms with Gasteiger partial charge in [0.25, 0.3) is 5.91 Å². The van der Waals surface area contributed by atoms with E-state index in [1.165, 1.54) is 16.4 Å². The Hall–Kier alpha value is -2.68. The molecule has 25 heavy (non-hydrogen) atoms. The summed E-state index contributed by atoms with van der Waals surface area (Å²) in [5, 5.41) is 17.1. The molecule has 1 aliphatic rings. The quantitative estimate of drug-likeness (QED) is 0.799. The van der Waals surface area contributed by atoms with Crippen LogP contribution in [0.3, 0.4) is 0 Å². The van der Waals surface area contributed by atoms with Gasteiger partial charge in [-0.1, -0.05) is 0 Å². The van der Waals surface area contributed by atoms with Crippen molar-refractivity contribution in [3.8, 4) is 0 Å². The Bertz CT molecular complexity index is 745. The number of piperazine rings is 1. The van der Waals surface area contributed by atoms with Crippen molar-refractivity contribution in [2.24, 2.45) is 0 Å². The van der Waals surface area contributed by atoms with Crippen LogP contribution in [-0.4, -0.2) is 72.5 Å². The van der Waals surface area contributed by atoms with Crippen LogP contribution in [0, 0.1) is 0 Å². The number of hydrogen-bond acceptors (Lipinski definition) is 5. The van der Waals surface area contributed by atoms with E-state index in [0.717, 1.165) is 26.2 Å². The molecule has 134 valence electrons. The molecule has 2 aromatic rings. The molecule has 9 heteroatoms. The summed E-state index contributed by atoms with van der Waals surface area (Å²) < 4.78 is 3.17. The van der Waals surface area contributed by atoms with Crippen molar-refractivity contribution < 1.29 is 14.7 Å². The molecule has 0 spiro atoms. The number of carboxylic acid groups (broad SMARTS) is 1. The molecule has 0 atom stereocenters. The van der Waals surface area contributed by atoms with Crippen molar-refractivity contribution >= 4 is 11.9 Å². The first-order valence-electron chi connectivity index (χ1n) is 8.33. The van der Waals surface area contributed by atoms with Crippen LogP contribution >= 0.6 is 0 Å². The number of aliphatic carboxylic acids is 1. The van der Waals surface area contributed by atoms with E-state index >= 15 is 0 Å². The van der Waals surface area contributed by atoms with Crippen LogP contribution in [0.25, 0.3) is 0 Å². The van der Waals surface area contributed by atoms with E-state index in [2.05, 4.69) is 22.0 Å². The van der Waals surface area contributed by atoms with Crippen molar-refractivity contribution in [1.82, 2.24) is 29.4 Å². The summed E-state index contributed by atoms with van der Waals surface area (Å²) in [5.74, 6) is -1.13. The van der Waals surface area contributed by atoms with Gasteiger partial charge < -0.3 is 10.0 Å². The third kappa shape index (κ3) is 4.24. The number of carbonyl (C=O) groups excluding carboxylic acids is 1. The van der Waals surface area contributed by atoms with Gasteiger partial charge in [0, 0.05) is 57.2 Å². The highest BCUT2D eigenvalue weighted by molar-refractivity contribution is 5.92. The summed E-state index contributed by atoms with van der Waals surface area (Å²) in [6.45, 7) is 6.34. The molecule has 3 rings (SSSR count). The third-order valence-electron chi connectivity index (χ3n) is 4.23. The lowest BCUT2D eigenvalue weighted by molar-refractivity contribution is -0.137. The Morgan fingerprint density at radius 2 is 1.96 bits per heavy atom. The molecular weight excluding hydrogens is 324 g/mol. The monoisotopic (exact) mass is 346 g/mol. The summed E-state index contributed by atoms with van der Waals surface area (Å²) in [7, 11) is 0. The molecule has 0 saturated carbocycles. The molecule has 0 unspecified atom stereocenters. The van der Waals surface area contributed by atoms with Crippen LogP contribution in [0.1, 0.15) is 23.0 Å². The lowest BCUT2D eigenvalue weighted by Gasteiger charge is -2.34. The molecule has 1 aliphatic heterocycles.